The first-order valence-electron chi connectivity index (χ1n) is 3.41. The number of aryl methyl sites for hydroxylation is 1. The van der Waals surface area contributed by atoms with Crippen molar-refractivity contribution in [2.75, 3.05) is 5.88 Å². The van der Waals surface area contributed by atoms with Crippen LogP contribution in [0.5, 0.6) is 0 Å². The number of hydrogen-bond donors (Lipinski definition) is 0. The van der Waals surface area contributed by atoms with E-state index in [0.29, 0.717) is 5.56 Å². The molecule has 12 heavy (non-hydrogen) atoms. The third kappa shape index (κ3) is 2.21. The molecule has 0 saturated carbocycles. The lowest BCUT2D eigenvalue weighted by Crippen LogP contribution is -1.89. The second-order valence-corrected chi connectivity index (χ2v) is 2.55. The molecule has 0 atom stereocenters. The van der Waals surface area contributed by atoms with Gasteiger partial charge in [-0.15, -0.1) is 11.6 Å². The molecule has 0 fully saturated rings. The minimum Gasteiger partial charge on any atom is -0.227 e. The normalized spacial score (nSPS) is 8.92. The first-order valence-corrected chi connectivity index (χ1v) is 3.94. The summed E-state index contributed by atoms with van der Waals surface area (Å²) in [5, 5.41) is 0. The van der Waals surface area contributed by atoms with Gasteiger partial charge in [-0.3, -0.25) is 0 Å². The average molecular weight is 184 g/mol. The van der Waals surface area contributed by atoms with Gasteiger partial charge in [0, 0.05) is 6.20 Å². The van der Waals surface area contributed by atoms with E-state index in [4.69, 9.17) is 11.6 Å². The van der Waals surface area contributed by atoms with Crippen LogP contribution in [0.15, 0.2) is 12.3 Å². The topological polar surface area (TPSA) is 12.9 Å². The number of hydrogen-bond acceptors (Lipinski definition) is 1. The van der Waals surface area contributed by atoms with Crippen LogP contribution in [0.4, 0.5) is 4.39 Å². The Morgan fingerprint density at radius 1 is 1.67 bits per heavy atom. The van der Waals surface area contributed by atoms with Gasteiger partial charge in [0.2, 0.25) is 5.95 Å². The Morgan fingerprint density at radius 3 is 3.08 bits per heavy atom. The summed E-state index contributed by atoms with van der Waals surface area (Å²) < 4.78 is 12.8. The van der Waals surface area contributed by atoms with Gasteiger partial charge in [-0.1, -0.05) is 11.8 Å². The number of halogens is 2. The van der Waals surface area contributed by atoms with E-state index in [1.54, 1.807) is 6.07 Å². The zero-order valence-corrected chi connectivity index (χ0v) is 7.32. The summed E-state index contributed by atoms with van der Waals surface area (Å²) >= 11 is 5.33. The molecule has 0 aliphatic carbocycles. The predicted molar refractivity (Wildman–Crippen MR) is 46.5 cm³/mol. The summed E-state index contributed by atoms with van der Waals surface area (Å²) in [6, 6.07) is 1.64. The largest absolute Gasteiger partial charge is 0.228 e. The molecule has 62 valence electrons. The van der Waals surface area contributed by atoms with Crippen LogP contribution >= 0.6 is 11.6 Å². The summed E-state index contributed by atoms with van der Waals surface area (Å²) in [5.41, 5.74) is 1.19. The minimum absolute atomic E-state index is 0.202. The third-order valence-electron chi connectivity index (χ3n) is 1.27. The van der Waals surface area contributed by atoms with Crippen molar-refractivity contribution in [3.63, 3.8) is 0 Å². The first kappa shape index (κ1) is 9.02. The highest BCUT2D eigenvalue weighted by molar-refractivity contribution is 6.19. The second kappa shape index (κ2) is 4.08. The van der Waals surface area contributed by atoms with Gasteiger partial charge >= 0.3 is 0 Å². The van der Waals surface area contributed by atoms with Crippen LogP contribution in [0.25, 0.3) is 0 Å². The molecule has 1 aromatic heterocycles. The van der Waals surface area contributed by atoms with Crippen LogP contribution in [-0.4, -0.2) is 10.9 Å². The molecule has 1 heterocycles. The Hall–Kier alpha value is -1.07. The van der Waals surface area contributed by atoms with Crippen molar-refractivity contribution in [1.82, 2.24) is 4.98 Å². The van der Waals surface area contributed by atoms with Gasteiger partial charge in [0.05, 0.1) is 11.4 Å². The summed E-state index contributed by atoms with van der Waals surface area (Å²) in [6.07, 6.45) is 1.46. The molecule has 0 bridgehead atoms. The molecule has 0 amide bonds. The van der Waals surface area contributed by atoms with Crippen molar-refractivity contribution in [2.45, 2.75) is 6.92 Å². The molecule has 0 saturated heterocycles. The fourth-order valence-electron chi connectivity index (χ4n) is 0.769. The molecule has 0 aliphatic heterocycles. The van der Waals surface area contributed by atoms with Crippen molar-refractivity contribution < 1.29 is 4.39 Å². The van der Waals surface area contributed by atoms with Gasteiger partial charge in [-0.2, -0.15) is 4.39 Å². The molecule has 0 spiro atoms. The van der Waals surface area contributed by atoms with Gasteiger partial charge in [-0.25, -0.2) is 4.98 Å². The predicted octanol–water partition coefficient (Wildman–Crippen LogP) is 2.12. The lowest BCUT2D eigenvalue weighted by molar-refractivity contribution is 0.579. The van der Waals surface area contributed by atoms with Crippen LogP contribution in [-0.2, 0) is 0 Å². The number of aromatic nitrogens is 1. The van der Waals surface area contributed by atoms with Crippen molar-refractivity contribution in [3.05, 3.63) is 29.3 Å². The van der Waals surface area contributed by atoms with Crippen LogP contribution < -0.4 is 0 Å². The fraction of sp³-hybridized carbons (Fsp3) is 0.222. The molecular weight excluding hydrogens is 177 g/mol. The van der Waals surface area contributed by atoms with E-state index < -0.39 is 5.95 Å². The Labute approximate surface area is 75.6 Å². The van der Waals surface area contributed by atoms with Gasteiger partial charge in [0.15, 0.2) is 0 Å². The molecule has 1 nitrogen and oxygen atoms in total. The van der Waals surface area contributed by atoms with Gasteiger partial charge < -0.3 is 0 Å². The molecule has 0 unspecified atom stereocenters. The SMILES string of the molecule is Cc1cnc(F)c(C#CCCl)c1. The zero-order valence-electron chi connectivity index (χ0n) is 6.56. The average Bonchev–Trinajstić information content (AvgIpc) is 2.07. The third-order valence-corrected chi connectivity index (χ3v) is 1.40. The first-order chi connectivity index (χ1) is 5.74. The summed E-state index contributed by atoms with van der Waals surface area (Å²) in [6.45, 7) is 1.83. The smallest absolute Gasteiger partial charge is 0.227 e. The molecule has 1 rings (SSSR count). The molecule has 1 aromatic rings. The van der Waals surface area contributed by atoms with E-state index in [2.05, 4.69) is 16.8 Å². The van der Waals surface area contributed by atoms with E-state index in [0.717, 1.165) is 5.56 Å². The zero-order chi connectivity index (χ0) is 8.97. The number of nitrogens with zero attached hydrogens (tertiary/aromatic N) is 1. The summed E-state index contributed by atoms with van der Waals surface area (Å²) in [5.74, 6) is 4.81. The molecule has 0 radical (unpaired) electrons. The highest BCUT2D eigenvalue weighted by Crippen LogP contribution is 2.04. The van der Waals surface area contributed by atoms with Crippen molar-refractivity contribution in [2.24, 2.45) is 0 Å². The number of pyridine rings is 1. The summed E-state index contributed by atoms with van der Waals surface area (Å²) in [4.78, 5) is 3.52. The van der Waals surface area contributed by atoms with Crippen molar-refractivity contribution in [3.8, 4) is 11.8 Å². The second-order valence-electron chi connectivity index (χ2n) is 2.29. The molecule has 3 heteroatoms. The highest BCUT2D eigenvalue weighted by atomic mass is 35.5. The van der Waals surface area contributed by atoms with Crippen LogP contribution in [0.2, 0.25) is 0 Å². The van der Waals surface area contributed by atoms with E-state index in [1.165, 1.54) is 6.20 Å². The van der Waals surface area contributed by atoms with E-state index >= 15 is 0 Å². The quantitative estimate of drug-likeness (QED) is 0.341. The lowest BCUT2D eigenvalue weighted by atomic mass is 10.2. The van der Waals surface area contributed by atoms with Gasteiger partial charge in [0.1, 0.15) is 0 Å². The maximum absolute atomic E-state index is 12.8. The van der Waals surface area contributed by atoms with Crippen molar-refractivity contribution >= 4 is 11.6 Å². The Morgan fingerprint density at radius 2 is 2.42 bits per heavy atom. The Balaban J connectivity index is 3.05. The van der Waals surface area contributed by atoms with Crippen molar-refractivity contribution in [1.29, 1.82) is 0 Å². The minimum atomic E-state index is -0.543. The van der Waals surface area contributed by atoms with E-state index in [1.807, 2.05) is 6.92 Å². The number of rotatable bonds is 0. The van der Waals surface area contributed by atoms with E-state index in [-0.39, 0.29) is 5.88 Å². The Kier molecular flexibility index (Phi) is 3.07. The highest BCUT2D eigenvalue weighted by Gasteiger charge is 1.98. The maximum atomic E-state index is 12.8. The monoisotopic (exact) mass is 183 g/mol. The van der Waals surface area contributed by atoms with Crippen LogP contribution in [0, 0.1) is 24.7 Å². The van der Waals surface area contributed by atoms with Crippen LogP contribution in [0.3, 0.4) is 0 Å². The molecular formula is C9H7ClFN. The van der Waals surface area contributed by atoms with E-state index in [9.17, 15) is 4.39 Å². The molecule has 0 N–H and O–H groups in total. The molecule has 0 aliphatic rings. The van der Waals surface area contributed by atoms with Crippen LogP contribution in [0.1, 0.15) is 11.1 Å². The van der Waals surface area contributed by atoms with Gasteiger partial charge in [0.25, 0.3) is 0 Å². The standard InChI is InChI=1S/C9H7ClFN/c1-7-5-8(3-2-4-10)9(11)12-6-7/h5-6H,4H2,1H3. The van der Waals surface area contributed by atoms with Gasteiger partial charge in [-0.05, 0) is 18.6 Å². The fourth-order valence-corrected chi connectivity index (χ4v) is 0.836. The Bertz CT molecular complexity index is 338. The summed E-state index contributed by atoms with van der Waals surface area (Å²) in [7, 11) is 0. The lowest BCUT2D eigenvalue weighted by Gasteiger charge is -1.94. The number of alkyl halides is 1. The molecule has 0 aromatic carbocycles. The maximum Gasteiger partial charge on any atom is 0.228 e.